The highest BCUT2D eigenvalue weighted by Crippen LogP contribution is 2.34. The molecule has 0 aromatic heterocycles. The minimum Gasteiger partial charge on any atom is -0.493 e. The third kappa shape index (κ3) is 3.70. The first-order chi connectivity index (χ1) is 9.74. The highest BCUT2D eigenvalue weighted by atomic mass is 16.5. The van der Waals surface area contributed by atoms with Crippen LogP contribution in [-0.4, -0.2) is 45.3 Å². The van der Waals surface area contributed by atoms with Crippen molar-refractivity contribution in [3.63, 3.8) is 0 Å². The minimum atomic E-state index is 0.660. The molecule has 3 N–H and O–H groups in total. The van der Waals surface area contributed by atoms with Crippen LogP contribution >= 0.6 is 0 Å². The maximum atomic E-state index is 6.02. The molecule has 0 atom stereocenters. The number of ether oxygens (including phenoxy) is 2. The van der Waals surface area contributed by atoms with E-state index in [9.17, 15) is 0 Å². The largest absolute Gasteiger partial charge is 0.493 e. The zero-order valence-electron chi connectivity index (χ0n) is 12.4. The summed E-state index contributed by atoms with van der Waals surface area (Å²) in [7, 11) is 3.24. The van der Waals surface area contributed by atoms with Crippen LogP contribution in [0.4, 0.5) is 11.4 Å². The Kier molecular flexibility index (Phi) is 5.35. The summed E-state index contributed by atoms with van der Waals surface area (Å²) in [5.74, 6) is 1.36. The van der Waals surface area contributed by atoms with Crippen molar-refractivity contribution in [1.82, 2.24) is 4.90 Å². The van der Waals surface area contributed by atoms with Crippen molar-refractivity contribution in [1.29, 1.82) is 0 Å². The Hall–Kier alpha value is -1.62. The van der Waals surface area contributed by atoms with E-state index in [-0.39, 0.29) is 0 Å². The van der Waals surface area contributed by atoms with Crippen LogP contribution in [0.5, 0.6) is 11.5 Å². The Balaban J connectivity index is 1.85. The summed E-state index contributed by atoms with van der Waals surface area (Å²) in [6.07, 6.45) is 3.81. The smallest absolute Gasteiger partial charge is 0.162 e. The standard InChI is InChI=1S/C15H25N3O2/c1-19-14-10-12(16)13(11-15(14)20-2)17-6-5-9-18-7-3-4-8-18/h10-11,17H,3-9,16H2,1-2H3. The molecule has 0 saturated carbocycles. The molecule has 1 aromatic rings. The van der Waals surface area contributed by atoms with Gasteiger partial charge in [-0.15, -0.1) is 0 Å². The second kappa shape index (κ2) is 7.24. The molecule has 1 aliphatic rings. The van der Waals surface area contributed by atoms with Gasteiger partial charge in [-0.05, 0) is 38.9 Å². The van der Waals surface area contributed by atoms with Gasteiger partial charge in [-0.25, -0.2) is 0 Å². The molecule has 1 saturated heterocycles. The van der Waals surface area contributed by atoms with Crippen molar-refractivity contribution < 1.29 is 9.47 Å². The third-order valence-electron chi connectivity index (χ3n) is 3.72. The van der Waals surface area contributed by atoms with Crippen molar-refractivity contribution in [2.75, 3.05) is 51.4 Å². The van der Waals surface area contributed by atoms with E-state index in [1.165, 1.54) is 25.9 Å². The summed E-state index contributed by atoms with van der Waals surface area (Å²) in [4.78, 5) is 2.51. The number of likely N-dealkylation sites (tertiary alicyclic amines) is 1. The maximum absolute atomic E-state index is 6.02. The highest BCUT2D eigenvalue weighted by molar-refractivity contribution is 5.71. The molecule has 1 fully saturated rings. The van der Waals surface area contributed by atoms with Gasteiger partial charge in [-0.3, -0.25) is 0 Å². The summed E-state index contributed by atoms with van der Waals surface area (Å²) in [5.41, 5.74) is 7.61. The molecular weight excluding hydrogens is 254 g/mol. The SMILES string of the molecule is COc1cc(N)c(NCCCN2CCCC2)cc1OC. The number of hydrogen-bond donors (Lipinski definition) is 2. The van der Waals surface area contributed by atoms with Crippen LogP contribution in [0.15, 0.2) is 12.1 Å². The average molecular weight is 279 g/mol. The van der Waals surface area contributed by atoms with E-state index < -0.39 is 0 Å². The fraction of sp³-hybridized carbons (Fsp3) is 0.600. The molecule has 1 aliphatic heterocycles. The van der Waals surface area contributed by atoms with Crippen molar-refractivity contribution in [2.45, 2.75) is 19.3 Å². The molecule has 0 aliphatic carbocycles. The maximum Gasteiger partial charge on any atom is 0.162 e. The molecule has 1 heterocycles. The Morgan fingerprint density at radius 3 is 2.45 bits per heavy atom. The van der Waals surface area contributed by atoms with E-state index in [1.54, 1.807) is 20.3 Å². The number of benzene rings is 1. The van der Waals surface area contributed by atoms with E-state index in [1.807, 2.05) is 6.07 Å². The van der Waals surface area contributed by atoms with Gasteiger partial charge >= 0.3 is 0 Å². The fourth-order valence-corrected chi connectivity index (χ4v) is 2.58. The Bertz CT molecular complexity index is 431. The predicted molar refractivity (Wildman–Crippen MR) is 82.7 cm³/mol. The van der Waals surface area contributed by atoms with Crippen molar-refractivity contribution in [3.05, 3.63) is 12.1 Å². The summed E-state index contributed by atoms with van der Waals surface area (Å²) in [6, 6.07) is 3.69. The Morgan fingerprint density at radius 2 is 1.80 bits per heavy atom. The van der Waals surface area contributed by atoms with Gasteiger partial charge in [0.1, 0.15) is 0 Å². The number of hydrogen-bond acceptors (Lipinski definition) is 5. The fourth-order valence-electron chi connectivity index (χ4n) is 2.58. The molecule has 0 amide bonds. The quantitative estimate of drug-likeness (QED) is 0.592. The number of nitrogen functional groups attached to an aromatic ring is 1. The van der Waals surface area contributed by atoms with Crippen LogP contribution in [0.25, 0.3) is 0 Å². The lowest BCUT2D eigenvalue weighted by Gasteiger charge is -2.16. The second-order valence-electron chi connectivity index (χ2n) is 5.12. The molecular formula is C15H25N3O2. The molecule has 0 bridgehead atoms. The Morgan fingerprint density at radius 1 is 1.15 bits per heavy atom. The lowest BCUT2D eigenvalue weighted by molar-refractivity contribution is 0.337. The molecule has 20 heavy (non-hydrogen) atoms. The molecule has 5 nitrogen and oxygen atoms in total. The van der Waals surface area contributed by atoms with Gasteiger partial charge in [0, 0.05) is 18.7 Å². The molecule has 0 spiro atoms. The Labute approximate surface area is 121 Å². The molecule has 112 valence electrons. The number of nitrogens with zero attached hydrogens (tertiary/aromatic N) is 1. The van der Waals surface area contributed by atoms with Gasteiger partial charge in [0.15, 0.2) is 11.5 Å². The van der Waals surface area contributed by atoms with E-state index in [4.69, 9.17) is 15.2 Å². The monoisotopic (exact) mass is 279 g/mol. The van der Waals surface area contributed by atoms with Gasteiger partial charge in [-0.2, -0.15) is 0 Å². The topological polar surface area (TPSA) is 59.8 Å². The van der Waals surface area contributed by atoms with Crippen molar-refractivity contribution in [2.24, 2.45) is 0 Å². The van der Waals surface area contributed by atoms with E-state index in [0.29, 0.717) is 17.2 Å². The second-order valence-corrected chi connectivity index (χ2v) is 5.12. The van der Waals surface area contributed by atoms with Crippen LogP contribution in [0, 0.1) is 0 Å². The van der Waals surface area contributed by atoms with E-state index in [2.05, 4.69) is 10.2 Å². The van der Waals surface area contributed by atoms with Crippen LogP contribution in [-0.2, 0) is 0 Å². The summed E-state index contributed by atoms with van der Waals surface area (Å²) in [5, 5.41) is 3.38. The van der Waals surface area contributed by atoms with Crippen molar-refractivity contribution in [3.8, 4) is 11.5 Å². The molecule has 1 aromatic carbocycles. The lowest BCUT2D eigenvalue weighted by atomic mass is 10.2. The van der Waals surface area contributed by atoms with E-state index >= 15 is 0 Å². The van der Waals surface area contributed by atoms with Gasteiger partial charge in [0.05, 0.1) is 25.6 Å². The lowest BCUT2D eigenvalue weighted by Crippen LogP contribution is -2.22. The summed E-state index contributed by atoms with van der Waals surface area (Å²) >= 11 is 0. The van der Waals surface area contributed by atoms with Crippen molar-refractivity contribution >= 4 is 11.4 Å². The van der Waals surface area contributed by atoms with Gasteiger partial charge in [0.2, 0.25) is 0 Å². The first kappa shape index (κ1) is 14.8. The highest BCUT2D eigenvalue weighted by Gasteiger charge is 2.11. The number of nitrogens with two attached hydrogens (primary N) is 1. The number of nitrogens with one attached hydrogen (secondary N) is 1. The van der Waals surface area contributed by atoms with Gasteiger partial charge < -0.3 is 25.4 Å². The third-order valence-corrected chi connectivity index (χ3v) is 3.72. The molecule has 5 heteroatoms. The zero-order chi connectivity index (χ0) is 14.4. The average Bonchev–Trinajstić information content (AvgIpc) is 2.97. The zero-order valence-corrected chi connectivity index (χ0v) is 12.4. The number of methoxy groups -OCH3 is 2. The summed E-state index contributed by atoms with van der Waals surface area (Å²) < 4.78 is 10.5. The molecule has 0 radical (unpaired) electrons. The molecule has 2 rings (SSSR count). The van der Waals surface area contributed by atoms with Crippen LogP contribution in [0.2, 0.25) is 0 Å². The van der Waals surface area contributed by atoms with Gasteiger partial charge in [-0.1, -0.05) is 0 Å². The van der Waals surface area contributed by atoms with Crippen LogP contribution < -0.4 is 20.5 Å². The number of rotatable bonds is 7. The predicted octanol–water partition coefficient (Wildman–Crippen LogP) is 2.18. The van der Waals surface area contributed by atoms with Crippen LogP contribution in [0.1, 0.15) is 19.3 Å². The van der Waals surface area contributed by atoms with E-state index in [0.717, 1.165) is 25.2 Å². The first-order valence-corrected chi connectivity index (χ1v) is 7.22. The van der Waals surface area contributed by atoms with Crippen LogP contribution in [0.3, 0.4) is 0 Å². The normalized spacial score (nSPS) is 15.3. The van der Waals surface area contributed by atoms with Gasteiger partial charge in [0.25, 0.3) is 0 Å². The first-order valence-electron chi connectivity index (χ1n) is 7.22. The summed E-state index contributed by atoms with van der Waals surface area (Å²) in [6.45, 7) is 4.56. The minimum absolute atomic E-state index is 0.660. The number of anilines is 2. The molecule has 0 unspecified atom stereocenters.